The summed E-state index contributed by atoms with van der Waals surface area (Å²) in [5.74, 6) is 0. The number of benzene rings is 9. The first kappa shape index (κ1) is 32.5. The van der Waals surface area contributed by atoms with Crippen molar-refractivity contribution in [2.45, 2.75) is 37.5 Å². The third-order valence-electron chi connectivity index (χ3n) is 13.6. The molecule has 1 nitrogen and oxygen atoms in total. The van der Waals surface area contributed by atoms with E-state index in [0.29, 0.717) is 0 Å². The van der Waals surface area contributed by atoms with E-state index in [1.54, 1.807) is 0 Å². The van der Waals surface area contributed by atoms with Crippen molar-refractivity contribution in [3.8, 4) is 33.4 Å². The van der Waals surface area contributed by atoms with Crippen molar-refractivity contribution in [1.29, 1.82) is 0 Å². The molecule has 1 unspecified atom stereocenters. The maximum Gasteiger partial charge on any atom is 0.0540 e. The number of aryl methyl sites for hydroxylation is 1. The van der Waals surface area contributed by atoms with E-state index in [-0.39, 0.29) is 10.8 Å². The largest absolute Gasteiger partial charge is 0.310 e. The molecular weight excluding hydrogens is 687 g/mol. The Balaban J connectivity index is 1.12. The average Bonchev–Trinajstić information content (AvgIpc) is 3.87. The van der Waals surface area contributed by atoms with Gasteiger partial charge in [-0.1, -0.05) is 172 Å². The van der Waals surface area contributed by atoms with E-state index < -0.39 is 0 Å². The third-order valence-corrected chi connectivity index (χ3v) is 13.6. The number of nitrogens with zero attached hydrogens (tertiary/aromatic N) is 1. The number of hydrogen-bond donors (Lipinski definition) is 0. The molecule has 0 aliphatic heterocycles. The van der Waals surface area contributed by atoms with Crippen LogP contribution in [0, 0.1) is 0 Å². The molecule has 57 heavy (non-hydrogen) atoms. The van der Waals surface area contributed by atoms with Gasteiger partial charge in [-0.3, -0.25) is 0 Å². The van der Waals surface area contributed by atoms with Gasteiger partial charge in [-0.2, -0.15) is 0 Å². The smallest absolute Gasteiger partial charge is 0.0540 e. The van der Waals surface area contributed by atoms with E-state index in [0.717, 1.165) is 18.5 Å². The fourth-order valence-electron chi connectivity index (χ4n) is 11.2. The molecule has 3 aliphatic rings. The Labute approximate surface area is 334 Å². The Hall–Kier alpha value is -6.70. The van der Waals surface area contributed by atoms with Crippen LogP contribution in [-0.4, -0.2) is 0 Å². The monoisotopic (exact) mass is 727 g/mol. The molecule has 0 fully saturated rings. The molecule has 1 atom stereocenters. The number of anilines is 3. The van der Waals surface area contributed by atoms with Crippen LogP contribution < -0.4 is 4.90 Å². The Kier molecular flexibility index (Phi) is 6.79. The quantitative estimate of drug-likeness (QED) is 0.163. The van der Waals surface area contributed by atoms with Crippen LogP contribution in [0.4, 0.5) is 17.1 Å². The van der Waals surface area contributed by atoms with Gasteiger partial charge in [0.2, 0.25) is 0 Å². The minimum absolute atomic E-state index is 0.147. The molecule has 0 saturated carbocycles. The van der Waals surface area contributed by atoms with Gasteiger partial charge in [-0.05, 0) is 126 Å². The van der Waals surface area contributed by atoms with Crippen molar-refractivity contribution in [2.75, 3.05) is 4.90 Å². The fourth-order valence-corrected chi connectivity index (χ4v) is 11.2. The van der Waals surface area contributed by atoms with E-state index in [9.17, 15) is 0 Å². The van der Waals surface area contributed by atoms with Crippen molar-refractivity contribution >= 4 is 38.6 Å². The van der Waals surface area contributed by atoms with Crippen LogP contribution in [0.15, 0.2) is 188 Å². The Morgan fingerprint density at radius 1 is 0.404 bits per heavy atom. The Morgan fingerprint density at radius 2 is 0.982 bits per heavy atom. The normalized spacial score (nSPS) is 16.7. The summed E-state index contributed by atoms with van der Waals surface area (Å²) in [6, 6.07) is 71.0. The molecule has 9 aromatic rings. The zero-order valence-corrected chi connectivity index (χ0v) is 32.3. The van der Waals surface area contributed by atoms with E-state index in [2.05, 4.69) is 207 Å². The molecule has 1 heteroatoms. The number of rotatable bonds is 4. The highest BCUT2D eigenvalue weighted by Gasteiger charge is 2.48. The number of hydrogen-bond acceptors (Lipinski definition) is 1. The molecule has 3 aliphatic carbocycles. The van der Waals surface area contributed by atoms with Crippen LogP contribution >= 0.6 is 0 Å². The molecule has 9 aromatic carbocycles. The lowest BCUT2D eigenvalue weighted by molar-refractivity contribution is 0.626. The molecule has 0 N–H and O–H groups in total. The van der Waals surface area contributed by atoms with Crippen molar-refractivity contribution in [3.63, 3.8) is 0 Å². The van der Waals surface area contributed by atoms with E-state index in [1.165, 1.54) is 99.7 Å². The van der Waals surface area contributed by atoms with E-state index in [4.69, 9.17) is 0 Å². The zero-order valence-electron chi connectivity index (χ0n) is 32.3. The van der Waals surface area contributed by atoms with Crippen molar-refractivity contribution in [3.05, 3.63) is 221 Å². The topological polar surface area (TPSA) is 3.24 Å². The first-order chi connectivity index (χ1) is 28.0. The van der Waals surface area contributed by atoms with Crippen molar-refractivity contribution in [1.82, 2.24) is 0 Å². The summed E-state index contributed by atoms with van der Waals surface area (Å²) < 4.78 is 0. The molecule has 0 heterocycles. The van der Waals surface area contributed by atoms with Crippen LogP contribution in [-0.2, 0) is 17.3 Å². The summed E-state index contributed by atoms with van der Waals surface area (Å²) in [5.41, 5.74) is 19.7. The highest BCUT2D eigenvalue weighted by atomic mass is 15.1. The Bertz CT molecular complexity index is 3130. The van der Waals surface area contributed by atoms with Crippen LogP contribution in [0.5, 0.6) is 0 Å². The SMILES string of the molecule is CC1(C)c2ccccc2-c2cccc(-c3ccccc3N(c3ccc4c(c3)C3(CCc5ccccc53)c3ccccc3-4)c3ccc4c(ccc5ccccc54)c3)c21. The van der Waals surface area contributed by atoms with Crippen molar-refractivity contribution in [2.24, 2.45) is 0 Å². The second-order valence-electron chi connectivity index (χ2n) is 16.8. The van der Waals surface area contributed by atoms with Gasteiger partial charge in [0.25, 0.3) is 0 Å². The fraction of sp³-hybridized carbons (Fsp3) is 0.107. The molecule has 0 amide bonds. The summed E-state index contributed by atoms with van der Waals surface area (Å²) in [6.45, 7) is 4.79. The van der Waals surface area contributed by atoms with Gasteiger partial charge >= 0.3 is 0 Å². The third kappa shape index (κ3) is 4.46. The lowest BCUT2D eigenvalue weighted by atomic mass is 9.73. The van der Waals surface area contributed by atoms with Gasteiger partial charge in [0, 0.05) is 27.8 Å². The standard InChI is InChI=1S/C56H41N/c1-55(2)50-23-10-6-18-44(50)47-20-13-21-48(54(47)55)46-19-8-12-25-53(46)57(39-28-30-42-38(34-39)27-26-36-14-3-5-16-41(36)42)40-29-31-45-43-17-7-11-24-51(43)56(52(45)35-40)33-32-37-15-4-9-22-49(37)56/h3-31,34-35H,32-33H2,1-2H3. The maximum atomic E-state index is 2.54. The highest BCUT2D eigenvalue weighted by Crippen LogP contribution is 2.60. The van der Waals surface area contributed by atoms with Crippen LogP contribution in [0.25, 0.3) is 54.9 Å². The maximum absolute atomic E-state index is 2.54. The highest BCUT2D eigenvalue weighted by molar-refractivity contribution is 6.09. The van der Waals surface area contributed by atoms with Crippen LogP contribution in [0.2, 0.25) is 0 Å². The summed E-state index contributed by atoms with van der Waals surface area (Å²) in [4.78, 5) is 2.54. The minimum atomic E-state index is -0.179. The molecular formula is C56H41N. The Morgan fingerprint density at radius 3 is 1.84 bits per heavy atom. The average molecular weight is 728 g/mol. The van der Waals surface area contributed by atoms with Gasteiger partial charge in [0.05, 0.1) is 5.69 Å². The predicted octanol–water partition coefficient (Wildman–Crippen LogP) is 14.7. The molecule has 0 radical (unpaired) electrons. The van der Waals surface area contributed by atoms with Gasteiger partial charge in [-0.25, -0.2) is 0 Å². The molecule has 0 bridgehead atoms. The van der Waals surface area contributed by atoms with Crippen LogP contribution in [0.3, 0.4) is 0 Å². The molecule has 12 rings (SSSR count). The van der Waals surface area contributed by atoms with Crippen LogP contribution in [0.1, 0.15) is 53.6 Å². The summed E-state index contributed by atoms with van der Waals surface area (Å²) in [5, 5.41) is 5.06. The van der Waals surface area contributed by atoms with Gasteiger partial charge in [0.1, 0.15) is 0 Å². The minimum Gasteiger partial charge on any atom is -0.310 e. The first-order valence-corrected chi connectivity index (χ1v) is 20.4. The zero-order chi connectivity index (χ0) is 37.9. The molecule has 0 saturated heterocycles. The van der Waals surface area contributed by atoms with E-state index in [1.807, 2.05) is 0 Å². The number of para-hydroxylation sites is 1. The molecule has 0 aromatic heterocycles. The summed E-state index contributed by atoms with van der Waals surface area (Å²) >= 11 is 0. The lowest BCUT2D eigenvalue weighted by Gasteiger charge is -2.32. The van der Waals surface area contributed by atoms with E-state index >= 15 is 0 Å². The molecule has 1 spiro atoms. The summed E-state index contributed by atoms with van der Waals surface area (Å²) in [6.07, 6.45) is 2.15. The van der Waals surface area contributed by atoms with Crippen molar-refractivity contribution < 1.29 is 0 Å². The van der Waals surface area contributed by atoms with Gasteiger partial charge in [-0.15, -0.1) is 0 Å². The van der Waals surface area contributed by atoms with Gasteiger partial charge in [0.15, 0.2) is 0 Å². The summed E-state index contributed by atoms with van der Waals surface area (Å²) in [7, 11) is 0. The first-order valence-electron chi connectivity index (χ1n) is 20.4. The molecule has 270 valence electrons. The second kappa shape index (κ2) is 11.9. The van der Waals surface area contributed by atoms with Gasteiger partial charge < -0.3 is 4.90 Å². The predicted molar refractivity (Wildman–Crippen MR) is 239 cm³/mol. The lowest BCUT2D eigenvalue weighted by Crippen LogP contribution is -2.24. The second-order valence-corrected chi connectivity index (χ2v) is 16.8. The number of fused-ring (bicyclic) bond motifs is 13.